The third kappa shape index (κ3) is 3.19. The molecule has 1 aliphatic rings. The second-order valence-electron chi connectivity index (χ2n) is 4.43. The zero-order valence-electron chi connectivity index (χ0n) is 10.3. The van der Waals surface area contributed by atoms with Gasteiger partial charge in [0.1, 0.15) is 5.82 Å². The van der Waals surface area contributed by atoms with Crippen molar-refractivity contribution in [2.24, 2.45) is 0 Å². The van der Waals surface area contributed by atoms with Crippen LogP contribution in [0.3, 0.4) is 0 Å². The van der Waals surface area contributed by atoms with Gasteiger partial charge < -0.3 is 10.4 Å². The smallest absolute Gasteiger partial charge is 0.333 e. The van der Waals surface area contributed by atoms with E-state index in [1.54, 1.807) is 0 Å². The molecular weight excluding hydrogens is 249 g/mol. The molecule has 0 spiro atoms. The summed E-state index contributed by atoms with van der Waals surface area (Å²) in [5, 5.41) is 11.7. The summed E-state index contributed by atoms with van der Waals surface area (Å²) in [6.07, 6.45) is 2.69. The van der Waals surface area contributed by atoms with Gasteiger partial charge in [0.2, 0.25) is 0 Å². The first-order chi connectivity index (χ1) is 9.08. The predicted octanol–water partition coefficient (Wildman–Crippen LogP) is 2.47. The molecule has 100 valence electrons. The highest BCUT2D eigenvalue weighted by atomic mass is 19.1. The Bertz CT molecular complexity index is 534. The predicted molar refractivity (Wildman–Crippen MR) is 67.0 cm³/mol. The molecule has 0 unspecified atom stereocenters. The van der Waals surface area contributed by atoms with Gasteiger partial charge in [-0.05, 0) is 49.9 Å². The first kappa shape index (κ1) is 13.3. The van der Waals surface area contributed by atoms with Crippen LogP contribution in [0.1, 0.15) is 36.0 Å². The highest BCUT2D eigenvalue weighted by Crippen LogP contribution is 2.23. The molecule has 19 heavy (non-hydrogen) atoms. The Morgan fingerprint density at radius 3 is 2.37 bits per heavy atom. The maximum absolute atomic E-state index is 12.8. The number of halogens is 1. The minimum Gasteiger partial charge on any atom is -0.478 e. The fraction of sp³-hybridized carbons (Fsp3) is 0.286. The molecule has 2 N–H and O–H groups in total. The number of hydrogen-bond donors (Lipinski definition) is 2. The molecule has 0 saturated heterocycles. The first-order valence-electron chi connectivity index (χ1n) is 6.10. The van der Waals surface area contributed by atoms with Gasteiger partial charge in [0.25, 0.3) is 5.91 Å². The van der Waals surface area contributed by atoms with Gasteiger partial charge in [-0.15, -0.1) is 0 Å². The summed E-state index contributed by atoms with van der Waals surface area (Å²) in [5.41, 5.74) is 1.04. The number of aliphatic carboxylic acids is 1. The first-order valence-corrected chi connectivity index (χ1v) is 6.10. The van der Waals surface area contributed by atoms with Crippen molar-refractivity contribution in [1.29, 1.82) is 0 Å². The molecule has 0 aromatic heterocycles. The lowest BCUT2D eigenvalue weighted by atomic mass is 9.96. The monoisotopic (exact) mass is 263 g/mol. The molecule has 1 aliphatic carbocycles. The minimum atomic E-state index is -0.992. The molecule has 1 aromatic rings. The molecule has 0 aliphatic heterocycles. The molecule has 0 atom stereocenters. The van der Waals surface area contributed by atoms with Crippen LogP contribution in [0.25, 0.3) is 0 Å². The number of nitrogens with one attached hydrogen (secondary N) is 1. The van der Waals surface area contributed by atoms with Gasteiger partial charge in [-0.3, -0.25) is 4.79 Å². The summed E-state index contributed by atoms with van der Waals surface area (Å²) in [6.45, 7) is 0. The number of carboxylic acid groups (broad SMARTS) is 1. The Morgan fingerprint density at radius 2 is 1.74 bits per heavy atom. The van der Waals surface area contributed by atoms with Crippen LogP contribution in [0.2, 0.25) is 0 Å². The van der Waals surface area contributed by atoms with Crippen molar-refractivity contribution in [2.75, 3.05) is 0 Å². The Morgan fingerprint density at radius 1 is 1.11 bits per heavy atom. The van der Waals surface area contributed by atoms with E-state index in [0.717, 1.165) is 12.8 Å². The minimum absolute atomic E-state index is 0.265. The Kier molecular flexibility index (Phi) is 3.94. The SMILES string of the molecule is O=C(O)C1=C(NC(=O)c2ccc(F)cc2)CCCC1. The van der Waals surface area contributed by atoms with Crippen molar-refractivity contribution in [1.82, 2.24) is 5.32 Å². The topological polar surface area (TPSA) is 66.4 Å². The third-order valence-electron chi connectivity index (χ3n) is 3.10. The van der Waals surface area contributed by atoms with Crippen LogP contribution < -0.4 is 5.32 Å². The zero-order valence-corrected chi connectivity index (χ0v) is 10.3. The van der Waals surface area contributed by atoms with E-state index in [-0.39, 0.29) is 5.57 Å². The highest BCUT2D eigenvalue weighted by molar-refractivity contribution is 5.96. The van der Waals surface area contributed by atoms with E-state index in [0.29, 0.717) is 24.1 Å². The molecule has 1 amide bonds. The largest absolute Gasteiger partial charge is 0.478 e. The summed E-state index contributed by atoms with van der Waals surface area (Å²) in [5.74, 6) is -1.82. The van der Waals surface area contributed by atoms with E-state index in [1.165, 1.54) is 24.3 Å². The van der Waals surface area contributed by atoms with Crippen molar-refractivity contribution in [3.63, 3.8) is 0 Å². The van der Waals surface area contributed by atoms with Crippen LogP contribution in [0.4, 0.5) is 4.39 Å². The molecule has 2 rings (SSSR count). The number of carbonyl (C=O) groups excluding carboxylic acids is 1. The summed E-state index contributed by atoms with van der Waals surface area (Å²) >= 11 is 0. The van der Waals surface area contributed by atoms with Crippen LogP contribution in [-0.2, 0) is 4.79 Å². The number of carboxylic acids is 1. The molecule has 4 nitrogen and oxygen atoms in total. The maximum atomic E-state index is 12.8. The van der Waals surface area contributed by atoms with Gasteiger partial charge in [0.15, 0.2) is 0 Å². The van der Waals surface area contributed by atoms with Crippen molar-refractivity contribution in [2.45, 2.75) is 25.7 Å². The molecule has 0 bridgehead atoms. The molecule has 0 heterocycles. The van der Waals surface area contributed by atoms with Gasteiger partial charge in [-0.2, -0.15) is 0 Å². The maximum Gasteiger partial charge on any atom is 0.333 e. The van der Waals surface area contributed by atoms with E-state index in [2.05, 4.69) is 5.32 Å². The van der Waals surface area contributed by atoms with Crippen molar-refractivity contribution in [3.05, 3.63) is 46.9 Å². The molecule has 5 heteroatoms. The molecule has 1 aromatic carbocycles. The molecule has 0 saturated carbocycles. The molecular formula is C14H14FNO3. The van der Waals surface area contributed by atoms with Crippen LogP contribution in [0.5, 0.6) is 0 Å². The second-order valence-corrected chi connectivity index (χ2v) is 4.43. The van der Waals surface area contributed by atoms with Crippen molar-refractivity contribution < 1.29 is 19.1 Å². The molecule has 0 radical (unpaired) electrons. The average Bonchev–Trinajstić information content (AvgIpc) is 2.39. The van der Waals surface area contributed by atoms with Crippen LogP contribution >= 0.6 is 0 Å². The van der Waals surface area contributed by atoms with Gasteiger partial charge in [0, 0.05) is 11.3 Å². The molecule has 0 fully saturated rings. The summed E-state index contributed by atoms with van der Waals surface area (Å²) in [7, 11) is 0. The Hall–Kier alpha value is -2.17. The summed E-state index contributed by atoms with van der Waals surface area (Å²) < 4.78 is 12.8. The highest BCUT2D eigenvalue weighted by Gasteiger charge is 2.20. The van der Waals surface area contributed by atoms with E-state index < -0.39 is 17.7 Å². The van der Waals surface area contributed by atoms with Crippen molar-refractivity contribution >= 4 is 11.9 Å². The lowest BCUT2D eigenvalue weighted by Crippen LogP contribution is -2.27. The second kappa shape index (κ2) is 5.65. The number of amides is 1. The fourth-order valence-electron chi connectivity index (χ4n) is 2.09. The average molecular weight is 263 g/mol. The number of hydrogen-bond acceptors (Lipinski definition) is 2. The third-order valence-corrected chi connectivity index (χ3v) is 3.10. The van der Waals surface area contributed by atoms with Gasteiger partial charge in [-0.25, -0.2) is 9.18 Å². The van der Waals surface area contributed by atoms with E-state index in [9.17, 15) is 14.0 Å². The van der Waals surface area contributed by atoms with Gasteiger partial charge >= 0.3 is 5.97 Å². The lowest BCUT2D eigenvalue weighted by molar-refractivity contribution is -0.133. The number of benzene rings is 1. The van der Waals surface area contributed by atoms with Crippen LogP contribution in [0, 0.1) is 5.82 Å². The van der Waals surface area contributed by atoms with Crippen LogP contribution in [-0.4, -0.2) is 17.0 Å². The standard InChI is InChI=1S/C14H14FNO3/c15-10-7-5-9(6-8-10)13(17)16-12-4-2-1-3-11(12)14(18)19/h5-8H,1-4H2,(H,16,17)(H,18,19). The number of allylic oxidation sites excluding steroid dienone is 1. The normalized spacial score (nSPS) is 15.2. The number of rotatable bonds is 3. The lowest BCUT2D eigenvalue weighted by Gasteiger charge is -2.18. The number of carbonyl (C=O) groups is 2. The van der Waals surface area contributed by atoms with E-state index >= 15 is 0 Å². The van der Waals surface area contributed by atoms with E-state index in [1.807, 2.05) is 0 Å². The Balaban J connectivity index is 2.17. The fourth-order valence-corrected chi connectivity index (χ4v) is 2.09. The van der Waals surface area contributed by atoms with Crippen molar-refractivity contribution in [3.8, 4) is 0 Å². The summed E-state index contributed by atoms with van der Waals surface area (Å²) in [6, 6.07) is 5.13. The quantitative estimate of drug-likeness (QED) is 0.880. The van der Waals surface area contributed by atoms with E-state index in [4.69, 9.17) is 5.11 Å². The summed E-state index contributed by atoms with van der Waals surface area (Å²) in [4.78, 5) is 23.0. The Labute approximate surface area is 109 Å². The van der Waals surface area contributed by atoms with Gasteiger partial charge in [-0.1, -0.05) is 0 Å². The van der Waals surface area contributed by atoms with Crippen LogP contribution in [0.15, 0.2) is 35.5 Å². The zero-order chi connectivity index (χ0) is 13.8. The van der Waals surface area contributed by atoms with Gasteiger partial charge in [0.05, 0.1) is 5.57 Å².